The molecule has 3 rings (SSSR count). The molecule has 0 atom stereocenters. The van der Waals surface area contributed by atoms with Crippen molar-refractivity contribution in [1.82, 2.24) is 10.3 Å². The number of amides is 2. The second-order valence-corrected chi connectivity index (χ2v) is 7.15. The Bertz CT molecular complexity index is 1130. The normalized spacial score (nSPS) is 11.3. The maximum atomic E-state index is 14.0. The molecule has 0 radical (unpaired) electrons. The van der Waals surface area contributed by atoms with Crippen molar-refractivity contribution in [2.24, 2.45) is 5.73 Å². The van der Waals surface area contributed by atoms with Gasteiger partial charge in [0.05, 0.1) is 5.52 Å². The topological polar surface area (TPSA) is 88.0 Å². The van der Waals surface area contributed by atoms with Crippen molar-refractivity contribution in [2.75, 3.05) is 6.54 Å². The van der Waals surface area contributed by atoms with Crippen LogP contribution in [-0.2, 0) is 11.2 Å². The summed E-state index contributed by atoms with van der Waals surface area (Å²) in [5.74, 6) is -0.975. The molecule has 2 amide bonds. The first-order valence-corrected chi connectivity index (χ1v) is 9.40. The molecular weight excluding hydrogens is 369 g/mol. The number of hydrogen-bond donors (Lipinski definition) is 3. The molecule has 2 aromatic carbocycles. The number of rotatable bonds is 6. The molecule has 0 spiro atoms. The van der Waals surface area contributed by atoms with E-state index in [2.05, 4.69) is 10.3 Å². The monoisotopic (exact) mass is 393 g/mol. The van der Waals surface area contributed by atoms with Crippen molar-refractivity contribution in [1.29, 1.82) is 0 Å². The molecule has 0 aliphatic carbocycles. The minimum atomic E-state index is -0.482. The average Bonchev–Trinajstić information content (AvgIpc) is 3.01. The molecular formula is C23H24FN3O2. The number of carbonyl (C=O) groups excluding carboxylic acids is 2. The molecule has 1 aromatic heterocycles. The van der Waals surface area contributed by atoms with E-state index in [0.717, 1.165) is 33.3 Å². The molecule has 5 nitrogen and oxygen atoms in total. The van der Waals surface area contributed by atoms with Crippen LogP contribution in [0.4, 0.5) is 4.39 Å². The number of fused-ring (bicyclic) bond motifs is 1. The number of aromatic nitrogens is 1. The lowest BCUT2D eigenvalue weighted by molar-refractivity contribution is -0.116. The van der Waals surface area contributed by atoms with Crippen molar-refractivity contribution < 1.29 is 14.0 Å². The number of primary amides is 1. The van der Waals surface area contributed by atoms with Crippen molar-refractivity contribution >= 4 is 28.8 Å². The lowest BCUT2D eigenvalue weighted by Gasteiger charge is -2.06. The first-order valence-electron chi connectivity index (χ1n) is 9.40. The van der Waals surface area contributed by atoms with Gasteiger partial charge in [-0.05, 0) is 73.7 Å². The van der Waals surface area contributed by atoms with Crippen LogP contribution in [0.2, 0.25) is 0 Å². The number of nitrogens with one attached hydrogen (secondary N) is 2. The van der Waals surface area contributed by atoms with Crippen molar-refractivity contribution in [3.8, 4) is 0 Å². The van der Waals surface area contributed by atoms with E-state index in [9.17, 15) is 14.0 Å². The molecule has 1 heterocycles. The second kappa shape index (κ2) is 8.31. The number of aromatic amines is 1. The van der Waals surface area contributed by atoms with Gasteiger partial charge in [-0.3, -0.25) is 9.59 Å². The first kappa shape index (κ1) is 20.3. The molecule has 0 unspecified atom stereocenters. The number of halogens is 1. The Balaban J connectivity index is 1.64. The van der Waals surface area contributed by atoms with E-state index in [1.54, 1.807) is 30.3 Å². The summed E-state index contributed by atoms with van der Waals surface area (Å²) in [6.07, 6.45) is 3.76. The molecule has 150 valence electrons. The predicted molar refractivity (Wildman–Crippen MR) is 113 cm³/mol. The van der Waals surface area contributed by atoms with Crippen LogP contribution in [0.15, 0.2) is 36.4 Å². The highest BCUT2D eigenvalue weighted by Gasteiger charge is 2.13. The minimum Gasteiger partial charge on any atom is -0.366 e. The van der Waals surface area contributed by atoms with Crippen molar-refractivity contribution in [3.05, 3.63) is 75.7 Å². The lowest BCUT2D eigenvalue weighted by Crippen LogP contribution is -2.23. The zero-order valence-corrected chi connectivity index (χ0v) is 16.7. The molecule has 29 heavy (non-hydrogen) atoms. The van der Waals surface area contributed by atoms with E-state index >= 15 is 0 Å². The molecule has 3 aromatic rings. The second-order valence-electron chi connectivity index (χ2n) is 7.15. The van der Waals surface area contributed by atoms with Crippen molar-refractivity contribution in [3.63, 3.8) is 0 Å². The number of nitrogens with two attached hydrogens (primary N) is 1. The fourth-order valence-electron chi connectivity index (χ4n) is 3.51. The van der Waals surface area contributed by atoms with E-state index in [-0.39, 0.29) is 11.7 Å². The highest BCUT2D eigenvalue weighted by Crippen LogP contribution is 2.27. The SMILES string of the molecule is Cc1cc(C(N)=O)ccc1/C=C/C(=O)NCCc1c(C)[nH]c2c(F)ccc(C)c12. The van der Waals surface area contributed by atoms with Gasteiger partial charge in [-0.25, -0.2) is 4.39 Å². The summed E-state index contributed by atoms with van der Waals surface area (Å²) < 4.78 is 14.0. The van der Waals surface area contributed by atoms with Crippen LogP contribution in [-0.4, -0.2) is 23.3 Å². The van der Waals surface area contributed by atoms with Crippen LogP contribution in [0.25, 0.3) is 17.0 Å². The molecule has 0 aliphatic heterocycles. The third-order valence-corrected chi connectivity index (χ3v) is 5.07. The van der Waals surface area contributed by atoms with Gasteiger partial charge < -0.3 is 16.0 Å². The summed E-state index contributed by atoms with van der Waals surface area (Å²) >= 11 is 0. The molecule has 6 heteroatoms. The number of benzene rings is 2. The number of H-pyrrole nitrogens is 1. The van der Waals surface area contributed by atoms with Crippen molar-refractivity contribution in [2.45, 2.75) is 27.2 Å². The van der Waals surface area contributed by atoms with Gasteiger partial charge in [-0.1, -0.05) is 12.1 Å². The zero-order valence-electron chi connectivity index (χ0n) is 16.7. The highest BCUT2D eigenvalue weighted by atomic mass is 19.1. The molecule has 4 N–H and O–H groups in total. The smallest absolute Gasteiger partial charge is 0.248 e. The van der Waals surface area contributed by atoms with Crippen LogP contribution >= 0.6 is 0 Å². The third kappa shape index (κ3) is 4.37. The summed E-state index contributed by atoms with van der Waals surface area (Å²) in [6, 6.07) is 8.31. The van der Waals surface area contributed by atoms with Gasteiger partial charge in [-0.2, -0.15) is 0 Å². The molecule has 0 saturated heterocycles. The highest BCUT2D eigenvalue weighted by molar-refractivity contribution is 5.94. The molecule has 0 saturated carbocycles. The van der Waals surface area contributed by atoms with Crippen LogP contribution in [0.5, 0.6) is 0 Å². The van der Waals surface area contributed by atoms with Gasteiger partial charge in [0.15, 0.2) is 0 Å². The summed E-state index contributed by atoms with van der Waals surface area (Å²) in [4.78, 5) is 26.5. The van der Waals surface area contributed by atoms with E-state index in [1.165, 1.54) is 12.1 Å². The van der Waals surface area contributed by atoms with E-state index in [0.29, 0.717) is 24.0 Å². The summed E-state index contributed by atoms with van der Waals surface area (Å²) in [7, 11) is 0. The van der Waals surface area contributed by atoms with Gasteiger partial charge in [0.2, 0.25) is 11.8 Å². The van der Waals surface area contributed by atoms with Crippen LogP contribution in [0.3, 0.4) is 0 Å². The first-order chi connectivity index (χ1) is 13.8. The number of aryl methyl sites for hydroxylation is 3. The number of hydrogen-bond acceptors (Lipinski definition) is 2. The molecule has 0 fully saturated rings. The zero-order chi connectivity index (χ0) is 21.1. The Morgan fingerprint density at radius 1 is 1.14 bits per heavy atom. The predicted octanol–water partition coefficient (Wildman–Crippen LogP) is 3.70. The average molecular weight is 393 g/mol. The Labute approximate surface area is 168 Å². The summed E-state index contributed by atoms with van der Waals surface area (Å²) in [5, 5.41) is 3.75. The largest absolute Gasteiger partial charge is 0.366 e. The van der Waals surface area contributed by atoms with Gasteiger partial charge in [0.25, 0.3) is 0 Å². The van der Waals surface area contributed by atoms with E-state index < -0.39 is 5.91 Å². The maximum absolute atomic E-state index is 14.0. The fraction of sp³-hybridized carbons (Fsp3) is 0.217. The third-order valence-electron chi connectivity index (χ3n) is 5.07. The standard InChI is InChI=1S/C23H24FN3O2/c1-13-4-8-19(24)22-21(13)18(15(3)27-22)10-11-26-20(28)9-7-16-5-6-17(23(25)29)12-14(16)2/h4-9,12,27H,10-11H2,1-3H3,(H2,25,29)(H,26,28)/b9-7+. The Hall–Kier alpha value is -3.41. The van der Waals surface area contributed by atoms with Gasteiger partial charge in [0, 0.05) is 29.3 Å². The lowest BCUT2D eigenvalue weighted by atomic mass is 10.0. The van der Waals surface area contributed by atoms with Gasteiger partial charge in [0.1, 0.15) is 5.82 Å². The Kier molecular flexibility index (Phi) is 5.82. The maximum Gasteiger partial charge on any atom is 0.248 e. The minimum absolute atomic E-state index is 0.219. The fourth-order valence-corrected chi connectivity index (χ4v) is 3.51. The summed E-state index contributed by atoms with van der Waals surface area (Å²) in [5.41, 5.74) is 10.8. The van der Waals surface area contributed by atoms with Gasteiger partial charge in [-0.15, -0.1) is 0 Å². The van der Waals surface area contributed by atoms with E-state index in [4.69, 9.17) is 5.73 Å². The van der Waals surface area contributed by atoms with Crippen LogP contribution < -0.4 is 11.1 Å². The Morgan fingerprint density at radius 2 is 1.90 bits per heavy atom. The van der Waals surface area contributed by atoms with Crippen LogP contribution in [0.1, 0.15) is 38.3 Å². The number of carbonyl (C=O) groups is 2. The Morgan fingerprint density at radius 3 is 2.59 bits per heavy atom. The van der Waals surface area contributed by atoms with Gasteiger partial charge >= 0.3 is 0 Å². The molecule has 0 bridgehead atoms. The quantitative estimate of drug-likeness (QED) is 0.558. The molecule has 0 aliphatic rings. The van der Waals surface area contributed by atoms with Crippen LogP contribution in [0, 0.1) is 26.6 Å². The van der Waals surface area contributed by atoms with E-state index in [1.807, 2.05) is 20.8 Å². The summed E-state index contributed by atoms with van der Waals surface area (Å²) in [6.45, 7) is 6.15.